The van der Waals surface area contributed by atoms with Crippen LogP contribution in [-0.2, 0) is 11.2 Å². The van der Waals surface area contributed by atoms with Crippen LogP contribution in [0, 0.1) is 6.92 Å². The summed E-state index contributed by atoms with van der Waals surface area (Å²) in [5.41, 5.74) is 4.44. The number of rotatable bonds is 1. The van der Waals surface area contributed by atoms with Gasteiger partial charge in [-0.3, -0.25) is 4.79 Å². The highest BCUT2D eigenvalue weighted by atomic mass is 16.1. The van der Waals surface area contributed by atoms with E-state index in [0.717, 1.165) is 23.2 Å². The minimum absolute atomic E-state index is 0.0690. The molecule has 0 fully saturated rings. The molecular formula is C16H15NO. The van der Waals surface area contributed by atoms with Gasteiger partial charge in [0.1, 0.15) is 0 Å². The monoisotopic (exact) mass is 237 g/mol. The molecule has 2 nitrogen and oxygen atoms in total. The molecule has 0 spiro atoms. The van der Waals surface area contributed by atoms with E-state index in [1.807, 2.05) is 49.4 Å². The molecule has 1 atom stereocenters. The second kappa shape index (κ2) is 4.30. The lowest BCUT2D eigenvalue weighted by atomic mass is 9.86. The van der Waals surface area contributed by atoms with Crippen LogP contribution in [0.15, 0.2) is 48.5 Å². The third kappa shape index (κ3) is 1.80. The van der Waals surface area contributed by atoms with Crippen LogP contribution in [0.1, 0.15) is 22.6 Å². The van der Waals surface area contributed by atoms with E-state index in [4.69, 9.17) is 0 Å². The molecule has 0 aromatic heterocycles. The lowest BCUT2D eigenvalue weighted by Crippen LogP contribution is -2.28. The lowest BCUT2D eigenvalue weighted by molar-refractivity contribution is -0.117. The predicted molar refractivity (Wildman–Crippen MR) is 72.7 cm³/mol. The molecule has 1 amide bonds. The Hall–Kier alpha value is -2.09. The molecule has 0 saturated heterocycles. The topological polar surface area (TPSA) is 29.1 Å². The van der Waals surface area contributed by atoms with Gasteiger partial charge in [-0.25, -0.2) is 0 Å². The number of amides is 1. The van der Waals surface area contributed by atoms with E-state index in [2.05, 4.69) is 11.4 Å². The average molecular weight is 237 g/mol. The quantitative estimate of drug-likeness (QED) is 0.810. The van der Waals surface area contributed by atoms with Crippen molar-refractivity contribution in [1.82, 2.24) is 0 Å². The first-order valence-corrected chi connectivity index (χ1v) is 6.20. The summed E-state index contributed by atoms with van der Waals surface area (Å²) >= 11 is 0. The Bertz CT molecular complexity index is 589. The van der Waals surface area contributed by atoms with E-state index >= 15 is 0 Å². The normalized spacial score (nSPS) is 18.1. The summed E-state index contributed by atoms with van der Waals surface area (Å²) < 4.78 is 0. The smallest absolute Gasteiger partial charge is 0.232 e. The number of carbonyl (C=O) groups excluding carboxylic acids is 1. The number of para-hydroxylation sites is 1. The number of aryl methyl sites for hydroxylation is 1. The van der Waals surface area contributed by atoms with E-state index in [9.17, 15) is 4.79 Å². The summed E-state index contributed by atoms with van der Waals surface area (Å²) in [4.78, 5) is 12.2. The first kappa shape index (κ1) is 11.0. The second-order valence-corrected chi connectivity index (χ2v) is 4.77. The standard InChI is InChI=1S/C16H15NO/c1-11-6-5-9-13-10-14(16(18)17-15(11)13)12-7-3-2-4-8-12/h2-9,14H,10H2,1H3,(H,17,18). The Balaban J connectivity index is 2.00. The van der Waals surface area contributed by atoms with Crippen molar-refractivity contribution >= 4 is 11.6 Å². The van der Waals surface area contributed by atoms with Crippen LogP contribution in [0.2, 0.25) is 0 Å². The van der Waals surface area contributed by atoms with Gasteiger partial charge in [0, 0.05) is 5.69 Å². The van der Waals surface area contributed by atoms with E-state index in [1.165, 1.54) is 5.56 Å². The third-order valence-corrected chi connectivity index (χ3v) is 3.55. The molecule has 0 radical (unpaired) electrons. The molecule has 3 rings (SSSR count). The molecule has 18 heavy (non-hydrogen) atoms. The van der Waals surface area contributed by atoms with Crippen molar-refractivity contribution in [2.45, 2.75) is 19.3 Å². The molecule has 1 N–H and O–H groups in total. The summed E-state index contributed by atoms with van der Waals surface area (Å²) in [6.07, 6.45) is 0.785. The Morgan fingerprint density at radius 3 is 2.61 bits per heavy atom. The first-order valence-electron chi connectivity index (χ1n) is 6.20. The fraction of sp³-hybridized carbons (Fsp3) is 0.188. The van der Waals surface area contributed by atoms with Crippen molar-refractivity contribution in [3.8, 4) is 0 Å². The van der Waals surface area contributed by atoms with Crippen LogP contribution in [-0.4, -0.2) is 5.91 Å². The number of anilines is 1. The maximum atomic E-state index is 12.2. The Morgan fingerprint density at radius 2 is 1.83 bits per heavy atom. The van der Waals surface area contributed by atoms with Crippen molar-refractivity contribution < 1.29 is 4.79 Å². The average Bonchev–Trinajstić information content (AvgIpc) is 2.40. The van der Waals surface area contributed by atoms with Gasteiger partial charge >= 0.3 is 0 Å². The Morgan fingerprint density at radius 1 is 1.06 bits per heavy atom. The van der Waals surface area contributed by atoms with Crippen LogP contribution in [0.5, 0.6) is 0 Å². The fourth-order valence-electron chi connectivity index (χ4n) is 2.55. The number of benzene rings is 2. The summed E-state index contributed by atoms with van der Waals surface area (Å²) in [6.45, 7) is 2.03. The van der Waals surface area contributed by atoms with E-state index in [-0.39, 0.29) is 11.8 Å². The number of carbonyl (C=O) groups is 1. The summed E-state index contributed by atoms with van der Waals surface area (Å²) in [5, 5.41) is 3.04. The Kier molecular flexibility index (Phi) is 2.63. The van der Waals surface area contributed by atoms with Gasteiger partial charge in [0.15, 0.2) is 0 Å². The van der Waals surface area contributed by atoms with Crippen molar-refractivity contribution in [3.63, 3.8) is 0 Å². The predicted octanol–water partition coefficient (Wildman–Crippen LogP) is 3.27. The lowest BCUT2D eigenvalue weighted by Gasteiger charge is -2.26. The summed E-state index contributed by atoms with van der Waals surface area (Å²) in [7, 11) is 0. The van der Waals surface area contributed by atoms with Crippen molar-refractivity contribution in [2.75, 3.05) is 5.32 Å². The zero-order chi connectivity index (χ0) is 12.5. The van der Waals surface area contributed by atoms with Crippen LogP contribution < -0.4 is 5.32 Å². The number of hydrogen-bond acceptors (Lipinski definition) is 1. The fourth-order valence-corrected chi connectivity index (χ4v) is 2.55. The van der Waals surface area contributed by atoms with Gasteiger partial charge < -0.3 is 5.32 Å². The third-order valence-electron chi connectivity index (χ3n) is 3.55. The van der Waals surface area contributed by atoms with Crippen LogP contribution in [0.25, 0.3) is 0 Å². The van der Waals surface area contributed by atoms with Gasteiger partial charge in [-0.2, -0.15) is 0 Å². The van der Waals surface area contributed by atoms with Gasteiger partial charge in [0.25, 0.3) is 0 Å². The molecule has 90 valence electrons. The van der Waals surface area contributed by atoms with Gasteiger partial charge in [-0.15, -0.1) is 0 Å². The maximum absolute atomic E-state index is 12.2. The van der Waals surface area contributed by atoms with Crippen LogP contribution in [0.4, 0.5) is 5.69 Å². The van der Waals surface area contributed by atoms with E-state index < -0.39 is 0 Å². The number of fused-ring (bicyclic) bond motifs is 1. The maximum Gasteiger partial charge on any atom is 0.232 e. The summed E-state index contributed by atoms with van der Waals surface area (Å²) in [5.74, 6) is 0.0310. The van der Waals surface area contributed by atoms with Crippen molar-refractivity contribution in [2.24, 2.45) is 0 Å². The SMILES string of the molecule is Cc1cccc2c1NC(=O)C(c1ccccc1)C2. The zero-order valence-electron chi connectivity index (χ0n) is 10.3. The van der Waals surface area contributed by atoms with Gasteiger partial charge in [0.05, 0.1) is 5.92 Å². The highest BCUT2D eigenvalue weighted by Crippen LogP contribution is 2.33. The first-order chi connectivity index (χ1) is 8.75. The molecule has 0 bridgehead atoms. The zero-order valence-corrected chi connectivity index (χ0v) is 10.3. The molecule has 2 aromatic rings. The molecular weight excluding hydrogens is 222 g/mol. The Labute approximate surface area is 107 Å². The van der Waals surface area contributed by atoms with E-state index in [0.29, 0.717) is 0 Å². The van der Waals surface area contributed by atoms with Crippen molar-refractivity contribution in [3.05, 3.63) is 65.2 Å². The van der Waals surface area contributed by atoms with Crippen LogP contribution >= 0.6 is 0 Å². The largest absolute Gasteiger partial charge is 0.325 e. The van der Waals surface area contributed by atoms with Gasteiger partial charge in [-0.1, -0.05) is 48.5 Å². The summed E-state index contributed by atoms with van der Waals surface area (Å²) in [6, 6.07) is 16.1. The number of nitrogens with one attached hydrogen (secondary N) is 1. The minimum Gasteiger partial charge on any atom is -0.325 e. The number of hydrogen-bond donors (Lipinski definition) is 1. The van der Waals surface area contributed by atoms with Crippen molar-refractivity contribution in [1.29, 1.82) is 0 Å². The van der Waals surface area contributed by atoms with Gasteiger partial charge in [-0.05, 0) is 30.0 Å². The highest BCUT2D eigenvalue weighted by Gasteiger charge is 2.27. The second-order valence-electron chi connectivity index (χ2n) is 4.77. The molecule has 2 heteroatoms. The van der Waals surface area contributed by atoms with Gasteiger partial charge in [0.2, 0.25) is 5.91 Å². The van der Waals surface area contributed by atoms with E-state index in [1.54, 1.807) is 0 Å². The molecule has 0 aliphatic carbocycles. The molecule has 1 aliphatic heterocycles. The molecule has 1 aliphatic rings. The van der Waals surface area contributed by atoms with Crippen LogP contribution in [0.3, 0.4) is 0 Å². The minimum atomic E-state index is -0.0690. The molecule has 2 aromatic carbocycles. The molecule has 0 saturated carbocycles. The molecule has 1 unspecified atom stereocenters. The molecule has 1 heterocycles. The highest BCUT2D eigenvalue weighted by molar-refractivity contribution is 5.99.